The Morgan fingerprint density at radius 3 is 2.67 bits per heavy atom. The highest BCUT2D eigenvalue weighted by atomic mass is 16.4. The van der Waals surface area contributed by atoms with Gasteiger partial charge in [0.15, 0.2) is 0 Å². The van der Waals surface area contributed by atoms with Crippen molar-refractivity contribution in [2.24, 2.45) is 5.73 Å². The first-order valence-corrected chi connectivity index (χ1v) is 5.77. The van der Waals surface area contributed by atoms with E-state index in [-0.39, 0.29) is 5.63 Å². The minimum Gasteiger partial charge on any atom is -0.461 e. The van der Waals surface area contributed by atoms with Gasteiger partial charge in [-0.3, -0.25) is 0 Å². The molecule has 0 aliphatic carbocycles. The third kappa shape index (κ3) is 1.39. The minimum atomic E-state index is -0.371. The molecule has 0 saturated heterocycles. The summed E-state index contributed by atoms with van der Waals surface area (Å²) in [7, 11) is 0. The van der Waals surface area contributed by atoms with Gasteiger partial charge in [0, 0.05) is 29.4 Å². The molecule has 1 aromatic carbocycles. The van der Waals surface area contributed by atoms with Gasteiger partial charge in [0.05, 0.1) is 0 Å². The molecule has 0 atom stereocenters. The van der Waals surface area contributed by atoms with Gasteiger partial charge in [-0.05, 0) is 31.0 Å². The molecule has 0 radical (unpaired) electrons. The summed E-state index contributed by atoms with van der Waals surface area (Å²) in [6.45, 7) is 4.29. The van der Waals surface area contributed by atoms with Crippen molar-refractivity contribution < 1.29 is 8.83 Å². The van der Waals surface area contributed by atoms with Crippen LogP contribution in [0.25, 0.3) is 21.9 Å². The van der Waals surface area contributed by atoms with Crippen molar-refractivity contribution in [3.63, 3.8) is 0 Å². The number of nitrogens with two attached hydrogens (primary N) is 1. The van der Waals surface area contributed by atoms with Crippen LogP contribution in [0.1, 0.15) is 16.9 Å². The molecule has 18 heavy (non-hydrogen) atoms. The summed E-state index contributed by atoms with van der Waals surface area (Å²) >= 11 is 0. The lowest BCUT2D eigenvalue weighted by molar-refractivity contribution is 0.555. The molecule has 92 valence electrons. The first-order chi connectivity index (χ1) is 8.61. The maximum absolute atomic E-state index is 11.3. The minimum absolute atomic E-state index is 0.371. The standard InChI is InChI=1S/C14H13NO3/c1-7-8(2)17-12-5-11-9(3-4-13(16)18-11)10(6-15)14(7)12/h3-5H,6,15H2,1-2H3. The van der Waals surface area contributed by atoms with Crippen molar-refractivity contribution in [3.8, 4) is 0 Å². The SMILES string of the molecule is Cc1oc2cc3oc(=O)ccc3c(CN)c2c1C. The molecule has 3 aromatic rings. The van der Waals surface area contributed by atoms with E-state index in [1.807, 2.05) is 13.8 Å². The molecule has 0 bridgehead atoms. The van der Waals surface area contributed by atoms with Gasteiger partial charge < -0.3 is 14.6 Å². The highest BCUT2D eigenvalue weighted by molar-refractivity contribution is 5.99. The number of aryl methyl sites for hydroxylation is 2. The molecule has 4 heteroatoms. The van der Waals surface area contributed by atoms with Crippen molar-refractivity contribution in [1.29, 1.82) is 0 Å². The first kappa shape index (κ1) is 11.0. The monoisotopic (exact) mass is 243 g/mol. The number of benzene rings is 1. The van der Waals surface area contributed by atoms with E-state index in [0.717, 1.165) is 27.7 Å². The summed E-state index contributed by atoms with van der Waals surface area (Å²) in [6.07, 6.45) is 0. The average molecular weight is 243 g/mol. The van der Waals surface area contributed by atoms with E-state index in [0.29, 0.717) is 17.7 Å². The number of rotatable bonds is 1. The van der Waals surface area contributed by atoms with E-state index in [1.54, 1.807) is 12.1 Å². The number of fused-ring (bicyclic) bond motifs is 2. The Balaban J connectivity index is 2.60. The Morgan fingerprint density at radius 2 is 1.94 bits per heavy atom. The van der Waals surface area contributed by atoms with E-state index in [4.69, 9.17) is 14.6 Å². The van der Waals surface area contributed by atoms with E-state index >= 15 is 0 Å². The molecule has 0 aliphatic heterocycles. The van der Waals surface area contributed by atoms with Gasteiger partial charge in [-0.15, -0.1) is 0 Å². The topological polar surface area (TPSA) is 69.4 Å². The van der Waals surface area contributed by atoms with Crippen LogP contribution < -0.4 is 11.4 Å². The van der Waals surface area contributed by atoms with Crippen LogP contribution in [0.5, 0.6) is 0 Å². The summed E-state index contributed by atoms with van der Waals surface area (Å²) in [5, 5.41) is 1.89. The Bertz CT molecular complexity index is 811. The predicted octanol–water partition coefficient (Wildman–Crippen LogP) is 2.61. The molecular formula is C14H13NO3. The zero-order valence-corrected chi connectivity index (χ0v) is 10.2. The lowest BCUT2D eigenvalue weighted by atomic mass is 10.0. The second kappa shape index (κ2) is 3.71. The Labute approximate surface area is 103 Å². The zero-order chi connectivity index (χ0) is 12.9. The van der Waals surface area contributed by atoms with Gasteiger partial charge >= 0.3 is 5.63 Å². The van der Waals surface area contributed by atoms with Crippen molar-refractivity contribution in [2.75, 3.05) is 0 Å². The quantitative estimate of drug-likeness (QED) is 0.667. The molecule has 0 aliphatic rings. The summed E-state index contributed by atoms with van der Waals surface area (Å²) in [4.78, 5) is 11.3. The summed E-state index contributed by atoms with van der Waals surface area (Å²) in [5.41, 5.74) is 8.74. The van der Waals surface area contributed by atoms with Gasteiger partial charge in [-0.1, -0.05) is 0 Å². The van der Waals surface area contributed by atoms with Gasteiger partial charge in [-0.25, -0.2) is 4.79 Å². The summed E-state index contributed by atoms with van der Waals surface area (Å²) in [6, 6.07) is 4.92. The van der Waals surface area contributed by atoms with Crippen molar-refractivity contribution in [3.05, 3.63) is 45.5 Å². The third-order valence-corrected chi connectivity index (χ3v) is 3.37. The summed E-state index contributed by atoms with van der Waals surface area (Å²) < 4.78 is 10.9. The van der Waals surface area contributed by atoms with E-state index in [2.05, 4.69) is 0 Å². The molecule has 2 heterocycles. The van der Waals surface area contributed by atoms with Crippen LogP contribution >= 0.6 is 0 Å². The normalized spacial score (nSPS) is 11.5. The predicted molar refractivity (Wildman–Crippen MR) is 69.6 cm³/mol. The van der Waals surface area contributed by atoms with Crippen LogP contribution in [-0.2, 0) is 6.54 Å². The fourth-order valence-corrected chi connectivity index (χ4v) is 2.38. The van der Waals surface area contributed by atoms with Gasteiger partial charge in [-0.2, -0.15) is 0 Å². The van der Waals surface area contributed by atoms with Crippen LogP contribution in [0, 0.1) is 13.8 Å². The Kier molecular flexibility index (Phi) is 2.28. The molecule has 0 unspecified atom stereocenters. The number of furan rings is 1. The lowest BCUT2D eigenvalue weighted by Crippen LogP contribution is -2.01. The summed E-state index contributed by atoms with van der Waals surface area (Å²) in [5.74, 6) is 0.859. The number of hydrogen-bond acceptors (Lipinski definition) is 4. The Morgan fingerprint density at radius 1 is 1.17 bits per heavy atom. The van der Waals surface area contributed by atoms with Gasteiger partial charge in [0.1, 0.15) is 16.9 Å². The van der Waals surface area contributed by atoms with Crippen LogP contribution in [0.4, 0.5) is 0 Å². The second-order valence-electron chi connectivity index (χ2n) is 4.38. The third-order valence-electron chi connectivity index (χ3n) is 3.37. The smallest absolute Gasteiger partial charge is 0.336 e. The fraction of sp³-hybridized carbons (Fsp3) is 0.214. The molecule has 0 amide bonds. The largest absolute Gasteiger partial charge is 0.461 e. The molecular weight excluding hydrogens is 230 g/mol. The van der Waals surface area contributed by atoms with Crippen LogP contribution in [0.2, 0.25) is 0 Å². The zero-order valence-electron chi connectivity index (χ0n) is 10.2. The van der Waals surface area contributed by atoms with Crippen molar-refractivity contribution in [2.45, 2.75) is 20.4 Å². The van der Waals surface area contributed by atoms with Gasteiger partial charge in [0.2, 0.25) is 0 Å². The molecule has 2 aromatic heterocycles. The van der Waals surface area contributed by atoms with E-state index < -0.39 is 0 Å². The lowest BCUT2D eigenvalue weighted by Gasteiger charge is -2.05. The highest BCUT2D eigenvalue weighted by Crippen LogP contribution is 2.33. The van der Waals surface area contributed by atoms with E-state index in [9.17, 15) is 4.79 Å². The molecule has 2 N–H and O–H groups in total. The van der Waals surface area contributed by atoms with Gasteiger partial charge in [0.25, 0.3) is 0 Å². The molecule has 3 rings (SSSR count). The van der Waals surface area contributed by atoms with Crippen LogP contribution in [0.3, 0.4) is 0 Å². The number of hydrogen-bond donors (Lipinski definition) is 1. The first-order valence-electron chi connectivity index (χ1n) is 5.77. The highest BCUT2D eigenvalue weighted by Gasteiger charge is 2.15. The fourth-order valence-electron chi connectivity index (χ4n) is 2.38. The van der Waals surface area contributed by atoms with Crippen LogP contribution in [-0.4, -0.2) is 0 Å². The molecule has 0 spiro atoms. The Hall–Kier alpha value is -2.07. The van der Waals surface area contributed by atoms with E-state index in [1.165, 1.54) is 6.07 Å². The molecule has 4 nitrogen and oxygen atoms in total. The maximum Gasteiger partial charge on any atom is 0.336 e. The van der Waals surface area contributed by atoms with Crippen LogP contribution in [0.15, 0.2) is 31.8 Å². The van der Waals surface area contributed by atoms with Crippen molar-refractivity contribution >= 4 is 21.9 Å². The second-order valence-corrected chi connectivity index (χ2v) is 4.38. The average Bonchev–Trinajstić information content (AvgIpc) is 2.62. The maximum atomic E-state index is 11.3. The van der Waals surface area contributed by atoms with Crippen molar-refractivity contribution in [1.82, 2.24) is 0 Å². The molecule has 0 saturated carbocycles. The molecule has 0 fully saturated rings.